The Kier molecular flexibility index (Phi) is 16.4. The first-order chi connectivity index (χ1) is 27.4. The molecule has 0 aliphatic rings. The number of rotatable bonds is 21. The van der Waals surface area contributed by atoms with Crippen LogP contribution in [0.15, 0.2) is 152 Å². The highest BCUT2D eigenvalue weighted by Gasteiger charge is 2.50. The first-order valence-electron chi connectivity index (χ1n) is 20.1. The quantitative estimate of drug-likeness (QED) is 0.0725. The van der Waals surface area contributed by atoms with E-state index in [1.54, 1.807) is 0 Å². The molecule has 7 nitrogen and oxygen atoms in total. The zero-order valence-corrected chi connectivity index (χ0v) is 35.5. The Hall–Kier alpha value is -3.96. The topological polar surface area (TPSA) is 86.6 Å². The van der Waals surface area contributed by atoms with Crippen LogP contribution >= 0.6 is 0 Å². The molecular formula is C49H62O7Si. The molecule has 57 heavy (non-hydrogen) atoms. The third-order valence-electron chi connectivity index (χ3n) is 10.1. The van der Waals surface area contributed by atoms with E-state index >= 15 is 0 Å². The molecule has 2 N–H and O–H groups in total. The third kappa shape index (κ3) is 12.8. The van der Waals surface area contributed by atoms with E-state index in [9.17, 15) is 10.2 Å². The molecule has 0 saturated heterocycles. The van der Waals surface area contributed by atoms with Gasteiger partial charge in [0.1, 0.15) is 24.4 Å². The summed E-state index contributed by atoms with van der Waals surface area (Å²) in [6.07, 6.45) is -4.77. The van der Waals surface area contributed by atoms with Crippen molar-refractivity contribution < 1.29 is 33.6 Å². The Bertz CT molecular complexity index is 1790. The van der Waals surface area contributed by atoms with Gasteiger partial charge < -0.3 is 33.6 Å². The summed E-state index contributed by atoms with van der Waals surface area (Å²) in [5.41, 5.74) is 2.32. The summed E-state index contributed by atoms with van der Waals surface area (Å²) < 4.78 is 33.3. The Labute approximate surface area is 341 Å². The average molecular weight is 791 g/mol. The summed E-state index contributed by atoms with van der Waals surface area (Å²) in [5.74, 6) is 0. The lowest BCUT2D eigenvalue weighted by molar-refractivity contribution is -0.203. The highest BCUT2D eigenvalue weighted by atomic mass is 28.4. The van der Waals surface area contributed by atoms with Crippen LogP contribution in [0.5, 0.6) is 0 Å². The van der Waals surface area contributed by atoms with E-state index in [1.165, 1.54) is 10.4 Å². The summed E-state index contributed by atoms with van der Waals surface area (Å²) >= 11 is 0. The predicted molar refractivity (Wildman–Crippen MR) is 231 cm³/mol. The van der Waals surface area contributed by atoms with E-state index in [1.807, 2.05) is 124 Å². The fraction of sp³-hybridized carbons (Fsp3) is 0.388. The smallest absolute Gasteiger partial charge is 0.261 e. The first-order valence-corrected chi connectivity index (χ1v) is 22.0. The van der Waals surface area contributed by atoms with Crippen LogP contribution in [0.3, 0.4) is 0 Å². The molecule has 0 aliphatic carbocycles. The molecule has 5 atom stereocenters. The molecule has 0 aliphatic heterocycles. The number of hydrogen-bond donors (Lipinski definition) is 2. The molecule has 0 fully saturated rings. The number of aliphatic hydroxyl groups excluding tert-OH is 2. The Balaban J connectivity index is 1.51. The minimum atomic E-state index is -2.89. The van der Waals surface area contributed by atoms with Crippen molar-refractivity contribution in [1.29, 1.82) is 0 Å². The number of aliphatic hydroxyl groups is 2. The minimum absolute atomic E-state index is 0.0205. The van der Waals surface area contributed by atoms with Gasteiger partial charge in [-0.15, -0.1) is 0 Å². The second kappa shape index (κ2) is 21.2. The van der Waals surface area contributed by atoms with Crippen molar-refractivity contribution in [1.82, 2.24) is 0 Å². The number of benzene rings is 5. The van der Waals surface area contributed by atoms with Crippen LogP contribution in [0.4, 0.5) is 0 Å². The number of hydrogen-bond acceptors (Lipinski definition) is 7. The van der Waals surface area contributed by atoms with Gasteiger partial charge in [-0.1, -0.05) is 172 Å². The van der Waals surface area contributed by atoms with E-state index in [0.717, 1.165) is 16.7 Å². The van der Waals surface area contributed by atoms with E-state index in [4.69, 9.17) is 23.4 Å². The van der Waals surface area contributed by atoms with E-state index in [2.05, 4.69) is 69.3 Å². The average Bonchev–Trinajstić information content (AvgIpc) is 3.22. The fourth-order valence-electron chi connectivity index (χ4n) is 7.21. The summed E-state index contributed by atoms with van der Waals surface area (Å²) in [6.45, 7) is 13.5. The molecule has 5 rings (SSSR count). The summed E-state index contributed by atoms with van der Waals surface area (Å²) in [5, 5.41) is 26.7. The molecule has 0 spiro atoms. The van der Waals surface area contributed by atoms with Crippen LogP contribution in [-0.2, 0) is 43.2 Å². The Morgan fingerprint density at radius 1 is 0.509 bits per heavy atom. The van der Waals surface area contributed by atoms with Crippen LogP contribution in [0.2, 0.25) is 5.04 Å². The van der Waals surface area contributed by atoms with Gasteiger partial charge in [-0.05, 0) is 59.3 Å². The molecule has 0 aromatic heterocycles. The third-order valence-corrected chi connectivity index (χ3v) is 15.2. The fourth-order valence-corrected chi connectivity index (χ4v) is 11.8. The maximum absolute atomic E-state index is 12.7. The van der Waals surface area contributed by atoms with Gasteiger partial charge >= 0.3 is 0 Å². The zero-order valence-electron chi connectivity index (χ0n) is 34.5. The lowest BCUT2D eigenvalue weighted by atomic mass is 9.96. The Morgan fingerprint density at radius 3 is 1.30 bits per heavy atom. The van der Waals surface area contributed by atoms with Gasteiger partial charge in [0.2, 0.25) is 0 Å². The second-order valence-corrected chi connectivity index (χ2v) is 20.9. The molecular weight excluding hydrogens is 729 g/mol. The van der Waals surface area contributed by atoms with Gasteiger partial charge in [0, 0.05) is 6.61 Å². The van der Waals surface area contributed by atoms with Crippen LogP contribution in [0.25, 0.3) is 0 Å². The highest BCUT2D eigenvalue weighted by molar-refractivity contribution is 6.99. The van der Waals surface area contributed by atoms with Crippen molar-refractivity contribution in [3.8, 4) is 0 Å². The number of ether oxygens (including phenoxy) is 4. The monoisotopic (exact) mass is 790 g/mol. The predicted octanol–water partition coefficient (Wildman–Crippen LogP) is 8.25. The molecule has 0 bridgehead atoms. The van der Waals surface area contributed by atoms with E-state index in [-0.39, 0.29) is 31.5 Å². The second-order valence-electron chi connectivity index (χ2n) is 16.6. The maximum atomic E-state index is 12.7. The largest absolute Gasteiger partial charge is 0.407 e. The summed E-state index contributed by atoms with van der Waals surface area (Å²) in [4.78, 5) is 0. The van der Waals surface area contributed by atoms with Gasteiger partial charge in [-0.3, -0.25) is 0 Å². The van der Waals surface area contributed by atoms with Gasteiger partial charge in [-0.25, -0.2) is 0 Å². The molecule has 0 radical (unpaired) electrons. The maximum Gasteiger partial charge on any atom is 0.261 e. The van der Waals surface area contributed by atoms with Crippen LogP contribution in [0.1, 0.15) is 64.7 Å². The van der Waals surface area contributed by atoms with Crippen LogP contribution in [-0.4, -0.2) is 67.9 Å². The summed E-state index contributed by atoms with van der Waals surface area (Å²) in [7, 11) is -2.89. The van der Waals surface area contributed by atoms with Crippen molar-refractivity contribution in [2.75, 3.05) is 13.2 Å². The van der Waals surface area contributed by atoms with Crippen molar-refractivity contribution in [3.05, 3.63) is 168 Å². The van der Waals surface area contributed by atoms with Crippen molar-refractivity contribution in [2.45, 2.75) is 109 Å². The SMILES string of the molecule is CC(C)(C)OC[C@H](O)[C@@H](OCc1ccccc1)[C@H](OCc1ccccc1)[C@@H](O)[C@H](CCO[Si](c1ccccc1)(c1ccccc1)C(C)(C)C)OCc1ccccc1. The molecule has 0 unspecified atom stereocenters. The highest BCUT2D eigenvalue weighted by Crippen LogP contribution is 2.37. The van der Waals surface area contributed by atoms with Crippen molar-refractivity contribution in [3.63, 3.8) is 0 Å². The van der Waals surface area contributed by atoms with Gasteiger partial charge in [-0.2, -0.15) is 0 Å². The minimum Gasteiger partial charge on any atom is -0.407 e. The molecule has 5 aromatic carbocycles. The van der Waals surface area contributed by atoms with E-state index in [0.29, 0.717) is 13.0 Å². The first kappa shape index (κ1) is 44.1. The Morgan fingerprint density at radius 2 is 0.895 bits per heavy atom. The molecule has 8 heteroatoms. The summed E-state index contributed by atoms with van der Waals surface area (Å²) in [6, 6.07) is 50.6. The molecule has 0 amide bonds. The van der Waals surface area contributed by atoms with Crippen LogP contribution < -0.4 is 10.4 Å². The van der Waals surface area contributed by atoms with Crippen molar-refractivity contribution >= 4 is 18.7 Å². The molecule has 0 heterocycles. The van der Waals surface area contributed by atoms with Gasteiger partial charge in [0.05, 0.1) is 38.1 Å². The zero-order chi connectivity index (χ0) is 40.7. The lowest BCUT2D eigenvalue weighted by Crippen LogP contribution is -2.66. The lowest BCUT2D eigenvalue weighted by Gasteiger charge is -2.43. The molecule has 5 aromatic rings. The molecule has 304 valence electrons. The molecule has 0 saturated carbocycles. The van der Waals surface area contributed by atoms with Crippen molar-refractivity contribution in [2.24, 2.45) is 0 Å². The van der Waals surface area contributed by atoms with Gasteiger partial charge in [0.15, 0.2) is 0 Å². The van der Waals surface area contributed by atoms with Gasteiger partial charge in [0.25, 0.3) is 8.32 Å². The van der Waals surface area contributed by atoms with E-state index < -0.39 is 44.4 Å². The normalized spacial score (nSPS) is 15.1. The standard InChI is InChI=1S/C49H62O7Si/c1-48(2,3)55-37-43(50)46(53-35-39-24-14-8-15-25-39)47(54-36-40-26-16-9-17-27-40)45(51)44(52-34-38-22-12-7-13-23-38)32-33-56-57(49(4,5)6,41-28-18-10-19-29-41)42-30-20-11-21-31-42/h7-31,43-47,50-51H,32-37H2,1-6H3/t43-,44-,45-,46+,47+/m0/s1. The van der Waals surface area contributed by atoms with Crippen LogP contribution in [0, 0.1) is 0 Å².